The zero-order valence-electron chi connectivity index (χ0n) is 14.9. The van der Waals surface area contributed by atoms with Gasteiger partial charge in [-0.05, 0) is 19.4 Å². The summed E-state index contributed by atoms with van der Waals surface area (Å²) in [4.78, 5) is 26.7. The monoisotopic (exact) mass is 347 g/mol. The Morgan fingerprint density at radius 3 is 2.12 bits per heavy atom. The third-order valence-electron chi connectivity index (χ3n) is 4.58. The van der Waals surface area contributed by atoms with Crippen molar-refractivity contribution in [3.05, 3.63) is 89.0 Å². The zero-order chi connectivity index (χ0) is 18.8. The molecule has 132 valence electrons. The summed E-state index contributed by atoms with van der Waals surface area (Å²) in [7, 11) is 0. The van der Waals surface area contributed by atoms with Gasteiger partial charge in [0.25, 0.3) is 11.7 Å². The smallest absolute Gasteiger partial charge is 0.295 e. The van der Waals surface area contributed by atoms with Crippen molar-refractivity contribution in [3.63, 3.8) is 0 Å². The first-order chi connectivity index (χ1) is 12.4. The highest BCUT2D eigenvalue weighted by Gasteiger charge is 2.45. The summed E-state index contributed by atoms with van der Waals surface area (Å²) in [5, 5.41) is 10.8. The van der Waals surface area contributed by atoms with Crippen LogP contribution in [-0.4, -0.2) is 28.2 Å². The average Bonchev–Trinajstić information content (AvgIpc) is 2.88. The Kier molecular flexibility index (Phi) is 4.76. The molecule has 0 spiro atoms. The molecule has 26 heavy (non-hydrogen) atoms. The summed E-state index contributed by atoms with van der Waals surface area (Å²) in [6.07, 6.45) is 1.58. The van der Waals surface area contributed by atoms with Crippen molar-refractivity contribution in [3.8, 4) is 0 Å². The first kappa shape index (κ1) is 17.7. The number of aliphatic hydroxyl groups excluding tert-OH is 1. The van der Waals surface area contributed by atoms with Gasteiger partial charge in [0.2, 0.25) is 0 Å². The first-order valence-corrected chi connectivity index (χ1v) is 8.47. The number of nitrogens with zero attached hydrogens (tertiary/aromatic N) is 1. The number of hydrogen-bond donors (Lipinski definition) is 1. The first-order valence-electron chi connectivity index (χ1n) is 8.47. The molecule has 1 N–H and O–H groups in total. The van der Waals surface area contributed by atoms with E-state index < -0.39 is 17.7 Å². The van der Waals surface area contributed by atoms with E-state index in [1.807, 2.05) is 50.2 Å². The van der Waals surface area contributed by atoms with Crippen LogP contribution >= 0.6 is 0 Å². The second-order valence-electron chi connectivity index (χ2n) is 6.52. The number of likely N-dealkylation sites (tertiary alicyclic amines) is 1. The van der Waals surface area contributed by atoms with E-state index in [2.05, 4.69) is 6.58 Å². The molecule has 1 heterocycles. The fourth-order valence-corrected chi connectivity index (χ4v) is 3.17. The van der Waals surface area contributed by atoms with Gasteiger partial charge in [-0.15, -0.1) is 6.58 Å². The topological polar surface area (TPSA) is 57.6 Å². The largest absolute Gasteiger partial charge is 0.507 e. The molecule has 0 aliphatic carbocycles. The molecule has 1 atom stereocenters. The van der Waals surface area contributed by atoms with Gasteiger partial charge in [-0.1, -0.05) is 65.7 Å². The Labute approximate surface area is 153 Å². The van der Waals surface area contributed by atoms with E-state index >= 15 is 0 Å². The molecule has 2 aromatic rings. The molecule has 1 aliphatic rings. The third kappa shape index (κ3) is 3.06. The predicted octanol–water partition coefficient (Wildman–Crippen LogP) is 3.91. The second kappa shape index (κ2) is 7.00. The Balaban J connectivity index is 2.18. The summed E-state index contributed by atoms with van der Waals surface area (Å²) in [6.45, 7) is 7.82. The van der Waals surface area contributed by atoms with E-state index in [1.165, 1.54) is 4.90 Å². The van der Waals surface area contributed by atoms with Crippen LogP contribution in [0.25, 0.3) is 5.76 Å². The van der Waals surface area contributed by atoms with Crippen molar-refractivity contribution in [1.29, 1.82) is 0 Å². The summed E-state index contributed by atoms with van der Waals surface area (Å²) < 4.78 is 0. The minimum absolute atomic E-state index is 0.115. The van der Waals surface area contributed by atoms with E-state index in [-0.39, 0.29) is 17.9 Å². The standard InChI is InChI=1S/C22H21NO3/c1-4-13-23-19(16-9-5-14(2)6-10-16)18(21(25)22(23)26)20(24)17-11-7-15(3)8-12-17/h4-12,19,24H,1,13H2,2-3H3/b20-18+/t19-/m1/s1. The Hall–Kier alpha value is -3.14. The van der Waals surface area contributed by atoms with Gasteiger partial charge in [0.05, 0.1) is 11.6 Å². The number of ketones is 1. The fourth-order valence-electron chi connectivity index (χ4n) is 3.17. The van der Waals surface area contributed by atoms with Crippen LogP contribution < -0.4 is 0 Å². The number of rotatable bonds is 4. The zero-order valence-corrected chi connectivity index (χ0v) is 14.9. The van der Waals surface area contributed by atoms with Crippen molar-refractivity contribution < 1.29 is 14.7 Å². The summed E-state index contributed by atoms with van der Waals surface area (Å²) in [6, 6.07) is 14.2. The Morgan fingerprint density at radius 2 is 1.58 bits per heavy atom. The lowest BCUT2D eigenvalue weighted by atomic mass is 9.94. The minimum atomic E-state index is -0.671. The van der Waals surface area contributed by atoms with Crippen molar-refractivity contribution in [2.45, 2.75) is 19.9 Å². The lowest BCUT2D eigenvalue weighted by molar-refractivity contribution is -0.139. The Morgan fingerprint density at radius 1 is 1.04 bits per heavy atom. The van der Waals surface area contributed by atoms with Gasteiger partial charge in [0.15, 0.2) is 0 Å². The summed E-state index contributed by atoms with van der Waals surface area (Å²) >= 11 is 0. The number of Topliss-reactive ketones (excluding diaryl/α,β-unsaturated/α-hetero) is 1. The van der Waals surface area contributed by atoms with Crippen LogP contribution in [0.5, 0.6) is 0 Å². The predicted molar refractivity (Wildman–Crippen MR) is 102 cm³/mol. The van der Waals surface area contributed by atoms with Crippen molar-refractivity contribution in [2.75, 3.05) is 6.54 Å². The normalized spacial score (nSPS) is 19.0. The number of carbonyl (C=O) groups excluding carboxylic acids is 2. The molecule has 0 saturated carbocycles. The highest BCUT2D eigenvalue weighted by atomic mass is 16.3. The van der Waals surface area contributed by atoms with Gasteiger partial charge >= 0.3 is 0 Å². The maximum Gasteiger partial charge on any atom is 0.295 e. The molecule has 0 radical (unpaired) electrons. The van der Waals surface area contributed by atoms with Crippen LogP contribution in [0, 0.1) is 13.8 Å². The number of carbonyl (C=O) groups is 2. The second-order valence-corrected chi connectivity index (χ2v) is 6.52. The van der Waals surface area contributed by atoms with Crippen molar-refractivity contribution >= 4 is 17.4 Å². The van der Waals surface area contributed by atoms with E-state index in [9.17, 15) is 14.7 Å². The van der Waals surface area contributed by atoms with Crippen LogP contribution in [0.2, 0.25) is 0 Å². The van der Waals surface area contributed by atoms with Crippen LogP contribution in [0.1, 0.15) is 28.3 Å². The van der Waals surface area contributed by atoms with Gasteiger partial charge < -0.3 is 10.0 Å². The molecule has 1 amide bonds. The number of aryl methyl sites for hydroxylation is 2. The molecule has 2 aromatic carbocycles. The van der Waals surface area contributed by atoms with Crippen LogP contribution in [-0.2, 0) is 9.59 Å². The lowest BCUT2D eigenvalue weighted by Gasteiger charge is -2.24. The Bertz CT molecular complexity index is 892. The highest BCUT2D eigenvalue weighted by Crippen LogP contribution is 2.39. The van der Waals surface area contributed by atoms with Crippen LogP contribution in [0.4, 0.5) is 0 Å². The molecule has 1 aliphatic heterocycles. The van der Waals surface area contributed by atoms with E-state index in [1.54, 1.807) is 18.2 Å². The van der Waals surface area contributed by atoms with Crippen molar-refractivity contribution in [1.82, 2.24) is 4.90 Å². The van der Waals surface area contributed by atoms with Gasteiger partial charge in [0, 0.05) is 12.1 Å². The van der Waals surface area contributed by atoms with Crippen LogP contribution in [0.15, 0.2) is 66.8 Å². The van der Waals surface area contributed by atoms with Crippen LogP contribution in [0.3, 0.4) is 0 Å². The molecule has 1 saturated heterocycles. The molecule has 0 bridgehead atoms. The number of aliphatic hydroxyl groups is 1. The molecular formula is C22H21NO3. The average molecular weight is 347 g/mol. The maximum absolute atomic E-state index is 12.7. The van der Waals surface area contributed by atoms with Gasteiger partial charge in [-0.2, -0.15) is 0 Å². The number of amides is 1. The summed E-state index contributed by atoms with van der Waals surface area (Å²) in [5.74, 6) is -1.44. The lowest BCUT2D eigenvalue weighted by Crippen LogP contribution is -2.29. The summed E-state index contributed by atoms with van der Waals surface area (Å²) in [5.41, 5.74) is 3.54. The molecular weight excluding hydrogens is 326 g/mol. The number of hydrogen-bond acceptors (Lipinski definition) is 3. The number of benzene rings is 2. The molecule has 3 rings (SSSR count). The van der Waals surface area contributed by atoms with E-state index in [4.69, 9.17) is 0 Å². The van der Waals surface area contributed by atoms with E-state index in [0.717, 1.165) is 16.7 Å². The molecule has 0 aromatic heterocycles. The fraction of sp³-hybridized carbons (Fsp3) is 0.182. The molecule has 4 nitrogen and oxygen atoms in total. The quantitative estimate of drug-likeness (QED) is 0.395. The highest BCUT2D eigenvalue weighted by molar-refractivity contribution is 6.46. The van der Waals surface area contributed by atoms with Gasteiger partial charge in [0.1, 0.15) is 5.76 Å². The van der Waals surface area contributed by atoms with Crippen molar-refractivity contribution in [2.24, 2.45) is 0 Å². The molecule has 1 fully saturated rings. The SMILES string of the molecule is C=CCN1C(=O)C(=O)/C(=C(/O)c2ccc(C)cc2)[C@H]1c1ccc(C)cc1. The minimum Gasteiger partial charge on any atom is -0.507 e. The third-order valence-corrected chi connectivity index (χ3v) is 4.58. The molecule has 4 heteroatoms. The van der Waals surface area contributed by atoms with E-state index in [0.29, 0.717) is 5.56 Å². The van der Waals surface area contributed by atoms with Gasteiger partial charge in [-0.3, -0.25) is 9.59 Å². The van der Waals surface area contributed by atoms with Gasteiger partial charge in [-0.25, -0.2) is 0 Å². The molecule has 0 unspecified atom stereocenters. The maximum atomic E-state index is 12.7.